The number of halogens is 3. The average Bonchev–Trinajstić information content (AvgIpc) is 2.63. The number of nitrogens with one attached hydrogen (secondary N) is 2. The zero-order chi connectivity index (χ0) is 19.9. The number of hydrogen-bond donors (Lipinski definition) is 2. The number of amides is 2. The van der Waals surface area contributed by atoms with Gasteiger partial charge in [0.25, 0.3) is 5.91 Å². The molecule has 0 fully saturated rings. The van der Waals surface area contributed by atoms with Gasteiger partial charge >= 0.3 is 6.18 Å². The van der Waals surface area contributed by atoms with Gasteiger partial charge in [0.15, 0.2) is 6.61 Å². The summed E-state index contributed by atoms with van der Waals surface area (Å²) in [5.74, 6) is -1.11. The highest BCUT2D eigenvalue weighted by Gasteiger charge is 2.30. The number of benzene rings is 2. The third-order valence-corrected chi connectivity index (χ3v) is 4.50. The highest BCUT2D eigenvalue weighted by atomic mass is 32.2. The van der Waals surface area contributed by atoms with Crippen LogP contribution in [-0.2, 0) is 15.8 Å². The third kappa shape index (κ3) is 6.86. The van der Waals surface area contributed by atoms with Crippen molar-refractivity contribution in [3.05, 3.63) is 59.7 Å². The zero-order valence-electron chi connectivity index (χ0n) is 14.3. The third-order valence-electron chi connectivity index (χ3n) is 3.32. The second-order valence-corrected chi connectivity index (χ2v) is 6.48. The molecule has 0 atom stereocenters. The van der Waals surface area contributed by atoms with E-state index in [-0.39, 0.29) is 11.5 Å². The molecular weight excluding hydrogens is 381 g/mol. The molecule has 2 aromatic carbocycles. The summed E-state index contributed by atoms with van der Waals surface area (Å²) in [5, 5.41) is 0. The van der Waals surface area contributed by atoms with Crippen LogP contribution in [0.15, 0.2) is 53.4 Å². The number of ether oxygens (including phenoxy) is 1. The van der Waals surface area contributed by atoms with E-state index < -0.39 is 30.2 Å². The Morgan fingerprint density at radius 3 is 2.44 bits per heavy atom. The monoisotopic (exact) mass is 398 g/mol. The normalized spacial score (nSPS) is 11.0. The van der Waals surface area contributed by atoms with Gasteiger partial charge < -0.3 is 4.74 Å². The first kappa shape index (κ1) is 20.6. The van der Waals surface area contributed by atoms with Crippen molar-refractivity contribution in [1.82, 2.24) is 10.9 Å². The van der Waals surface area contributed by atoms with E-state index in [2.05, 4.69) is 10.9 Å². The summed E-state index contributed by atoms with van der Waals surface area (Å²) in [5.41, 5.74) is 4.54. The van der Waals surface area contributed by atoms with Crippen LogP contribution in [0.3, 0.4) is 0 Å². The molecule has 0 spiro atoms. The maximum absolute atomic E-state index is 12.6. The number of carbonyl (C=O) groups excluding carboxylic acids is 2. The minimum absolute atomic E-state index is 0.0959. The molecule has 144 valence electrons. The first-order valence-electron chi connectivity index (χ1n) is 7.82. The molecule has 0 aromatic heterocycles. The summed E-state index contributed by atoms with van der Waals surface area (Å²) in [6.45, 7) is 1.39. The van der Waals surface area contributed by atoms with Crippen molar-refractivity contribution in [2.75, 3.05) is 12.4 Å². The summed E-state index contributed by atoms with van der Waals surface area (Å²) in [4.78, 5) is 24.4. The first-order chi connectivity index (χ1) is 12.8. The molecule has 9 heteroatoms. The van der Waals surface area contributed by atoms with Gasteiger partial charge in [0.05, 0.1) is 11.3 Å². The minimum Gasteiger partial charge on any atom is -0.484 e. The summed E-state index contributed by atoms with van der Waals surface area (Å²) in [6, 6.07) is 11.7. The van der Waals surface area contributed by atoms with E-state index in [1.165, 1.54) is 23.9 Å². The zero-order valence-corrected chi connectivity index (χ0v) is 15.1. The van der Waals surface area contributed by atoms with Gasteiger partial charge in [-0.05, 0) is 36.8 Å². The van der Waals surface area contributed by atoms with E-state index in [1.807, 2.05) is 31.2 Å². The minimum atomic E-state index is -4.50. The Kier molecular flexibility index (Phi) is 7.12. The van der Waals surface area contributed by atoms with Crippen LogP contribution in [0.2, 0.25) is 0 Å². The van der Waals surface area contributed by atoms with Crippen LogP contribution < -0.4 is 15.6 Å². The number of hydrogen-bond acceptors (Lipinski definition) is 4. The van der Waals surface area contributed by atoms with Gasteiger partial charge in [0.2, 0.25) is 5.91 Å². The molecule has 0 heterocycles. The molecule has 0 aliphatic heterocycles. The van der Waals surface area contributed by atoms with E-state index in [9.17, 15) is 22.8 Å². The Morgan fingerprint density at radius 2 is 1.74 bits per heavy atom. The number of rotatable bonds is 6. The molecule has 0 radical (unpaired) electrons. The molecule has 0 saturated heterocycles. The molecule has 2 aromatic rings. The number of alkyl halides is 3. The van der Waals surface area contributed by atoms with Crippen LogP contribution in [0, 0.1) is 6.92 Å². The Labute approximate surface area is 158 Å². The molecule has 5 nitrogen and oxygen atoms in total. The number of hydrazine groups is 1. The van der Waals surface area contributed by atoms with Gasteiger partial charge in [-0.25, -0.2) is 0 Å². The van der Waals surface area contributed by atoms with Crippen LogP contribution in [0.4, 0.5) is 13.2 Å². The standard InChI is InChI=1S/C18H17F3N2O3S/c1-12-5-2-3-8-15(12)27-11-17(25)23-22-16(24)10-26-14-7-4-6-13(9-14)18(19,20)21/h2-9H,10-11H2,1H3,(H,22,24)(H,23,25). The molecule has 0 aliphatic rings. The quantitative estimate of drug-likeness (QED) is 0.579. The predicted octanol–water partition coefficient (Wildman–Crippen LogP) is 3.33. The van der Waals surface area contributed by atoms with Gasteiger partial charge in [-0.2, -0.15) is 13.2 Å². The van der Waals surface area contributed by atoms with Crippen molar-refractivity contribution in [1.29, 1.82) is 0 Å². The number of aryl methyl sites for hydroxylation is 1. The molecule has 0 unspecified atom stereocenters. The van der Waals surface area contributed by atoms with E-state index >= 15 is 0 Å². The van der Waals surface area contributed by atoms with Gasteiger partial charge in [-0.1, -0.05) is 24.3 Å². The van der Waals surface area contributed by atoms with Crippen molar-refractivity contribution in [2.24, 2.45) is 0 Å². The largest absolute Gasteiger partial charge is 0.484 e. The number of thioether (sulfide) groups is 1. The van der Waals surface area contributed by atoms with Gasteiger partial charge in [-0.3, -0.25) is 20.4 Å². The maximum Gasteiger partial charge on any atom is 0.416 e. The highest BCUT2D eigenvalue weighted by molar-refractivity contribution is 8.00. The van der Waals surface area contributed by atoms with Gasteiger partial charge in [0, 0.05) is 4.90 Å². The SMILES string of the molecule is Cc1ccccc1SCC(=O)NNC(=O)COc1cccc(C(F)(F)F)c1. The lowest BCUT2D eigenvalue weighted by Crippen LogP contribution is -2.44. The van der Waals surface area contributed by atoms with Crippen molar-refractivity contribution in [2.45, 2.75) is 18.0 Å². The van der Waals surface area contributed by atoms with Gasteiger partial charge in [0.1, 0.15) is 5.75 Å². The lowest BCUT2D eigenvalue weighted by atomic mass is 10.2. The van der Waals surface area contributed by atoms with Crippen molar-refractivity contribution >= 4 is 23.6 Å². The van der Waals surface area contributed by atoms with Crippen LogP contribution in [-0.4, -0.2) is 24.2 Å². The average molecular weight is 398 g/mol. The highest BCUT2D eigenvalue weighted by Crippen LogP contribution is 2.31. The van der Waals surface area contributed by atoms with Crippen LogP contribution in [0.1, 0.15) is 11.1 Å². The lowest BCUT2D eigenvalue weighted by Gasteiger charge is -2.11. The second kappa shape index (κ2) is 9.31. The molecule has 2 amide bonds. The molecule has 2 rings (SSSR count). The molecule has 0 bridgehead atoms. The van der Waals surface area contributed by atoms with Crippen LogP contribution in [0.25, 0.3) is 0 Å². The topological polar surface area (TPSA) is 67.4 Å². The molecular formula is C18H17F3N2O3S. The Hall–Kier alpha value is -2.68. The lowest BCUT2D eigenvalue weighted by molar-refractivity contribution is -0.137. The van der Waals surface area contributed by atoms with Gasteiger partial charge in [-0.15, -0.1) is 11.8 Å². The Morgan fingerprint density at radius 1 is 1.04 bits per heavy atom. The summed E-state index contributed by atoms with van der Waals surface area (Å²) in [6.07, 6.45) is -4.50. The summed E-state index contributed by atoms with van der Waals surface area (Å²) >= 11 is 1.32. The van der Waals surface area contributed by atoms with Crippen molar-refractivity contribution in [3.8, 4) is 5.75 Å². The summed E-state index contributed by atoms with van der Waals surface area (Å²) in [7, 11) is 0. The fourth-order valence-corrected chi connectivity index (χ4v) is 2.81. The Bertz CT molecular complexity index is 812. The van der Waals surface area contributed by atoms with Crippen molar-refractivity contribution < 1.29 is 27.5 Å². The van der Waals surface area contributed by atoms with Crippen LogP contribution in [0.5, 0.6) is 5.75 Å². The summed E-state index contributed by atoms with van der Waals surface area (Å²) < 4.78 is 42.8. The number of carbonyl (C=O) groups is 2. The van der Waals surface area contributed by atoms with Crippen molar-refractivity contribution in [3.63, 3.8) is 0 Å². The Balaban J connectivity index is 1.73. The molecule has 0 saturated carbocycles. The predicted molar refractivity (Wildman–Crippen MR) is 95.1 cm³/mol. The van der Waals surface area contributed by atoms with E-state index in [1.54, 1.807) is 0 Å². The van der Waals surface area contributed by atoms with E-state index in [0.29, 0.717) is 0 Å². The smallest absolute Gasteiger partial charge is 0.416 e. The molecule has 0 aliphatic carbocycles. The first-order valence-corrected chi connectivity index (χ1v) is 8.80. The maximum atomic E-state index is 12.6. The molecule has 2 N–H and O–H groups in total. The molecule has 27 heavy (non-hydrogen) atoms. The van der Waals surface area contributed by atoms with E-state index in [0.717, 1.165) is 22.6 Å². The fourth-order valence-electron chi connectivity index (χ4n) is 1.98. The van der Waals surface area contributed by atoms with E-state index in [4.69, 9.17) is 4.74 Å². The van der Waals surface area contributed by atoms with Crippen LogP contribution >= 0.6 is 11.8 Å². The second-order valence-electron chi connectivity index (χ2n) is 5.46. The fraction of sp³-hybridized carbons (Fsp3) is 0.222.